The Hall–Kier alpha value is -0.190. The average molecular weight is 251 g/mol. The molecule has 0 saturated carbocycles. The molecule has 0 unspecified atom stereocenters. The molecule has 0 aromatic rings. The van der Waals surface area contributed by atoms with E-state index in [9.17, 15) is 4.39 Å². The van der Waals surface area contributed by atoms with Crippen LogP contribution in [0.15, 0.2) is 0 Å². The first-order valence-electron chi connectivity index (χ1n) is 6.17. The van der Waals surface area contributed by atoms with E-state index in [-0.39, 0.29) is 5.92 Å². The van der Waals surface area contributed by atoms with Crippen LogP contribution in [-0.2, 0) is 0 Å². The van der Waals surface area contributed by atoms with Crippen LogP contribution in [0.3, 0.4) is 0 Å². The van der Waals surface area contributed by atoms with E-state index in [1.165, 1.54) is 25.9 Å². The number of alkyl halides is 1. The quantitative estimate of drug-likeness (QED) is 0.703. The van der Waals surface area contributed by atoms with Crippen molar-refractivity contribution in [1.29, 1.82) is 0 Å². The Morgan fingerprint density at radius 1 is 1.18 bits per heavy atom. The fourth-order valence-corrected chi connectivity index (χ4v) is 1.72. The van der Waals surface area contributed by atoms with Crippen LogP contribution in [0.1, 0.15) is 40.5 Å². The van der Waals surface area contributed by atoms with Crippen molar-refractivity contribution >= 4 is 0 Å². The van der Waals surface area contributed by atoms with Gasteiger partial charge in [0.25, 0.3) is 0 Å². The molecule has 0 bridgehead atoms. The van der Waals surface area contributed by atoms with Crippen molar-refractivity contribution in [2.24, 2.45) is 11.3 Å². The van der Waals surface area contributed by atoms with Gasteiger partial charge in [-0.25, -0.2) is 0 Å². The van der Waals surface area contributed by atoms with Gasteiger partial charge in [-0.3, -0.25) is 4.39 Å². The van der Waals surface area contributed by atoms with Crippen LogP contribution in [0.5, 0.6) is 0 Å². The summed E-state index contributed by atoms with van der Waals surface area (Å²) >= 11 is 0. The van der Waals surface area contributed by atoms with Gasteiger partial charge in [-0.2, -0.15) is 0 Å². The van der Waals surface area contributed by atoms with Crippen LogP contribution in [0.4, 0.5) is 4.39 Å². The highest BCUT2D eigenvalue weighted by atomic mass is 19.1. The minimum absolute atomic E-state index is 0.0370. The largest absolute Gasteiger partial charge is 0.368 e. The lowest BCUT2D eigenvalue weighted by atomic mass is 9.84. The van der Waals surface area contributed by atoms with Crippen LogP contribution in [0.25, 0.3) is 0 Å². The third-order valence-corrected chi connectivity index (χ3v) is 2.69. The van der Waals surface area contributed by atoms with E-state index in [0.29, 0.717) is 12.6 Å². The molecule has 0 aliphatic carbocycles. The summed E-state index contributed by atoms with van der Waals surface area (Å²) in [5.74, 6) is -0.0370. The molecule has 2 N–H and O–H groups in total. The molecule has 1 saturated heterocycles. The number of hydrogen-bond donors (Lipinski definition) is 2. The molecule has 1 fully saturated rings. The van der Waals surface area contributed by atoms with Crippen molar-refractivity contribution in [1.82, 2.24) is 4.90 Å². The van der Waals surface area contributed by atoms with E-state index in [2.05, 4.69) is 25.8 Å². The molecule has 0 atom stereocenters. The molecule has 17 heavy (non-hydrogen) atoms. The van der Waals surface area contributed by atoms with Gasteiger partial charge in [0.15, 0.2) is 6.29 Å². The van der Waals surface area contributed by atoms with Crippen LogP contribution in [-0.4, -0.2) is 48.7 Å². The summed E-state index contributed by atoms with van der Waals surface area (Å²) in [6, 6.07) is 0. The van der Waals surface area contributed by atoms with Gasteiger partial charge in [-0.1, -0.05) is 27.7 Å². The van der Waals surface area contributed by atoms with Gasteiger partial charge in [0.1, 0.15) is 0 Å². The van der Waals surface area contributed by atoms with Crippen LogP contribution >= 0.6 is 0 Å². The second kappa shape index (κ2) is 9.80. The second-order valence-electron chi connectivity index (χ2n) is 5.66. The maximum atomic E-state index is 9.50. The number of piperidine rings is 1. The molecule has 1 aliphatic heterocycles. The first-order valence-corrected chi connectivity index (χ1v) is 6.17. The van der Waals surface area contributed by atoms with Crippen molar-refractivity contribution in [3.8, 4) is 0 Å². The molecule has 0 aromatic carbocycles. The van der Waals surface area contributed by atoms with Gasteiger partial charge in [0.2, 0.25) is 0 Å². The van der Waals surface area contributed by atoms with Gasteiger partial charge in [-0.15, -0.1) is 0 Å². The Morgan fingerprint density at radius 3 is 1.76 bits per heavy atom. The fourth-order valence-electron chi connectivity index (χ4n) is 1.72. The minimum atomic E-state index is -1.15. The summed E-state index contributed by atoms with van der Waals surface area (Å²) in [5, 5.41) is 16.4. The maximum Gasteiger partial charge on any atom is 0.153 e. The van der Waals surface area contributed by atoms with E-state index < -0.39 is 6.29 Å². The lowest BCUT2D eigenvalue weighted by Gasteiger charge is -2.35. The predicted molar refractivity (Wildman–Crippen MR) is 70.6 cm³/mol. The molecule has 4 heteroatoms. The zero-order valence-corrected chi connectivity index (χ0v) is 12.2. The topological polar surface area (TPSA) is 43.7 Å². The lowest BCUT2D eigenvalue weighted by molar-refractivity contribution is -0.0731. The average Bonchev–Trinajstić information content (AvgIpc) is 2.19. The van der Waals surface area contributed by atoms with Crippen LogP contribution < -0.4 is 0 Å². The van der Waals surface area contributed by atoms with Gasteiger partial charge < -0.3 is 15.1 Å². The normalized spacial score (nSPS) is 19.2. The van der Waals surface area contributed by atoms with Gasteiger partial charge in [0.05, 0.1) is 7.18 Å². The smallest absolute Gasteiger partial charge is 0.153 e. The first kappa shape index (κ1) is 19.2. The molecule has 0 aromatic heterocycles. The number of aliphatic hydroxyl groups is 2. The monoisotopic (exact) mass is 251 g/mol. The van der Waals surface area contributed by atoms with Crippen LogP contribution in [0, 0.1) is 11.3 Å². The first-order chi connectivity index (χ1) is 7.74. The molecule has 106 valence electrons. The molecule has 0 amide bonds. The third kappa shape index (κ3) is 12.1. The number of likely N-dealkylation sites (tertiary alicyclic amines) is 1. The van der Waals surface area contributed by atoms with E-state index in [0.717, 1.165) is 0 Å². The Balaban J connectivity index is 0. The third-order valence-electron chi connectivity index (χ3n) is 2.69. The van der Waals surface area contributed by atoms with Crippen molar-refractivity contribution in [3.05, 3.63) is 0 Å². The molecular weight excluding hydrogens is 221 g/mol. The zero-order valence-electron chi connectivity index (χ0n) is 12.2. The summed E-state index contributed by atoms with van der Waals surface area (Å²) in [7, 11) is 2.71. The SMILES string of the molecule is CC(C)C(O)O.CF.CN1CCCC(C)(C)C1. The standard InChI is InChI=1S/C8H17N.C4H10O2.CH3F/c1-8(2)5-4-6-9(3)7-8;1-3(2)4(5)6;1-2/h4-7H2,1-3H3;3-6H,1-2H3;1H3. The number of rotatable bonds is 1. The van der Waals surface area contributed by atoms with Crippen molar-refractivity contribution in [3.63, 3.8) is 0 Å². The summed E-state index contributed by atoms with van der Waals surface area (Å²) < 4.78 is 9.50. The highest BCUT2D eigenvalue weighted by Gasteiger charge is 2.23. The van der Waals surface area contributed by atoms with E-state index in [1.807, 2.05) is 0 Å². The Kier molecular flexibility index (Phi) is 11.0. The molecule has 1 rings (SSSR count). The maximum absolute atomic E-state index is 9.50. The molecule has 0 spiro atoms. The highest BCUT2D eigenvalue weighted by molar-refractivity contribution is 4.77. The fraction of sp³-hybridized carbons (Fsp3) is 1.00. The zero-order chi connectivity index (χ0) is 14.1. The Labute approximate surface area is 106 Å². The summed E-state index contributed by atoms with van der Waals surface area (Å²) in [6.07, 6.45) is 1.63. The van der Waals surface area contributed by atoms with Gasteiger partial charge >= 0.3 is 0 Å². The molecule has 3 nitrogen and oxygen atoms in total. The van der Waals surface area contributed by atoms with Crippen molar-refractivity contribution in [2.45, 2.75) is 46.8 Å². The number of aliphatic hydroxyl groups excluding tert-OH is 1. The van der Waals surface area contributed by atoms with Crippen molar-refractivity contribution < 1.29 is 14.6 Å². The van der Waals surface area contributed by atoms with E-state index >= 15 is 0 Å². The van der Waals surface area contributed by atoms with Gasteiger partial charge in [-0.05, 0) is 31.8 Å². The number of nitrogens with zero attached hydrogens (tertiary/aromatic N) is 1. The van der Waals surface area contributed by atoms with Crippen molar-refractivity contribution in [2.75, 3.05) is 27.3 Å². The molecular formula is C13H30FNO2. The molecule has 1 heterocycles. The lowest BCUT2D eigenvalue weighted by Crippen LogP contribution is -2.37. The number of hydrogen-bond acceptors (Lipinski definition) is 3. The van der Waals surface area contributed by atoms with E-state index in [1.54, 1.807) is 13.8 Å². The minimum Gasteiger partial charge on any atom is -0.368 e. The Morgan fingerprint density at radius 2 is 1.59 bits per heavy atom. The molecule has 0 radical (unpaired) electrons. The summed E-state index contributed by atoms with van der Waals surface area (Å²) in [5.41, 5.74) is 0.576. The van der Waals surface area contributed by atoms with Gasteiger partial charge in [0, 0.05) is 12.5 Å². The summed E-state index contributed by atoms with van der Waals surface area (Å²) in [6.45, 7) is 10.7. The molecule has 1 aliphatic rings. The van der Waals surface area contributed by atoms with Crippen LogP contribution in [0.2, 0.25) is 0 Å². The van der Waals surface area contributed by atoms with E-state index in [4.69, 9.17) is 10.2 Å². The summed E-state index contributed by atoms with van der Waals surface area (Å²) in [4.78, 5) is 2.42. The second-order valence-corrected chi connectivity index (χ2v) is 5.66. The Bertz CT molecular complexity index is 167. The predicted octanol–water partition coefficient (Wildman–Crippen LogP) is 2.28. The highest BCUT2D eigenvalue weighted by Crippen LogP contribution is 2.26. The number of halogens is 1.